The number of ether oxygens (including phenoxy) is 1. The smallest absolute Gasteiger partial charge is 0.309 e. The zero-order valence-electron chi connectivity index (χ0n) is 20.9. The van der Waals surface area contributed by atoms with Crippen LogP contribution in [-0.2, 0) is 22.5 Å². The SMILES string of the molecule is CCOC(=O)C1CCN(c2ncnc3c2CN(C(=O)c2ccc(-c4ccccc4)cc2)CC3)C(C)C1. The normalized spacial score (nSPS) is 19.5. The molecule has 36 heavy (non-hydrogen) atoms. The average Bonchev–Trinajstić information content (AvgIpc) is 2.93. The van der Waals surface area contributed by atoms with Crippen molar-refractivity contribution >= 4 is 17.7 Å². The summed E-state index contributed by atoms with van der Waals surface area (Å²) in [7, 11) is 0. The Hall–Kier alpha value is -3.74. The molecule has 0 spiro atoms. The molecule has 0 N–H and O–H groups in total. The van der Waals surface area contributed by atoms with Crippen LogP contribution in [-0.4, -0.2) is 52.5 Å². The number of rotatable bonds is 5. The Morgan fingerprint density at radius 2 is 1.75 bits per heavy atom. The van der Waals surface area contributed by atoms with E-state index in [0.717, 1.165) is 47.6 Å². The summed E-state index contributed by atoms with van der Waals surface area (Å²) in [6.45, 7) is 6.21. The van der Waals surface area contributed by atoms with Gasteiger partial charge < -0.3 is 14.5 Å². The van der Waals surface area contributed by atoms with E-state index < -0.39 is 0 Å². The van der Waals surface area contributed by atoms with Crippen LogP contribution in [0.1, 0.15) is 48.3 Å². The van der Waals surface area contributed by atoms with Crippen LogP contribution < -0.4 is 4.90 Å². The molecule has 0 aliphatic carbocycles. The molecule has 3 heterocycles. The van der Waals surface area contributed by atoms with E-state index in [4.69, 9.17) is 4.74 Å². The van der Waals surface area contributed by atoms with Crippen molar-refractivity contribution in [1.82, 2.24) is 14.9 Å². The number of esters is 1. The van der Waals surface area contributed by atoms with Crippen LogP contribution in [0.3, 0.4) is 0 Å². The van der Waals surface area contributed by atoms with Crippen LogP contribution in [0, 0.1) is 5.92 Å². The number of hydrogen-bond donors (Lipinski definition) is 0. The summed E-state index contributed by atoms with van der Waals surface area (Å²) in [5.74, 6) is 0.713. The number of nitrogens with zero attached hydrogens (tertiary/aromatic N) is 4. The van der Waals surface area contributed by atoms with Crippen molar-refractivity contribution in [2.75, 3.05) is 24.6 Å². The van der Waals surface area contributed by atoms with E-state index in [9.17, 15) is 9.59 Å². The standard InChI is InChI=1S/C29H32N4O3/c1-3-36-29(35)24-13-16-33(20(2)17-24)27-25-18-32(15-14-26(25)30-19-31-27)28(34)23-11-9-22(10-12-23)21-7-5-4-6-8-21/h4-12,19-20,24H,3,13-18H2,1-2H3. The third-order valence-electron chi connectivity index (χ3n) is 7.27. The number of aromatic nitrogens is 2. The molecule has 1 fully saturated rings. The number of carbonyl (C=O) groups excluding carboxylic acids is 2. The Bertz CT molecular complexity index is 1230. The van der Waals surface area contributed by atoms with Gasteiger partial charge in [-0.3, -0.25) is 9.59 Å². The Labute approximate surface area is 212 Å². The molecule has 0 bridgehead atoms. The first-order valence-electron chi connectivity index (χ1n) is 12.8. The molecule has 2 aromatic carbocycles. The highest BCUT2D eigenvalue weighted by atomic mass is 16.5. The lowest BCUT2D eigenvalue weighted by Crippen LogP contribution is -2.45. The van der Waals surface area contributed by atoms with Crippen molar-refractivity contribution in [1.29, 1.82) is 0 Å². The van der Waals surface area contributed by atoms with E-state index in [-0.39, 0.29) is 23.8 Å². The Morgan fingerprint density at radius 1 is 1.00 bits per heavy atom. The van der Waals surface area contributed by atoms with Gasteiger partial charge in [-0.05, 0) is 49.9 Å². The second kappa shape index (κ2) is 10.5. The minimum absolute atomic E-state index is 0.0177. The number of fused-ring (bicyclic) bond motifs is 1. The van der Waals surface area contributed by atoms with Gasteiger partial charge in [0.1, 0.15) is 12.1 Å². The van der Waals surface area contributed by atoms with Crippen molar-refractivity contribution < 1.29 is 14.3 Å². The van der Waals surface area contributed by atoms with Crippen molar-refractivity contribution in [3.63, 3.8) is 0 Å². The monoisotopic (exact) mass is 484 g/mol. The minimum Gasteiger partial charge on any atom is -0.466 e. The van der Waals surface area contributed by atoms with Gasteiger partial charge in [-0.2, -0.15) is 0 Å². The number of carbonyl (C=O) groups is 2. The van der Waals surface area contributed by atoms with Crippen LogP contribution >= 0.6 is 0 Å². The predicted octanol–water partition coefficient (Wildman–Crippen LogP) is 4.51. The Balaban J connectivity index is 1.32. The third-order valence-corrected chi connectivity index (χ3v) is 7.27. The number of anilines is 1. The third kappa shape index (κ3) is 4.83. The minimum atomic E-state index is -0.108. The summed E-state index contributed by atoms with van der Waals surface area (Å²) in [6, 6.07) is 18.1. The van der Waals surface area contributed by atoms with E-state index in [1.807, 2.05) is 54.3 Å². The molecule has 186 valence electrons. The highest BCUT2D eigenvalue weighted by Crippen LogP contribution is 2.33. The molecule has 0 radical (unpaired) electrons. The van der Waals surface area contributed by atoms with E-state index >= 15 is 0 Å². The van der Waals surface area contributed by atoms with E-state index in [1.54, 1.807) is 6.33 Å². The molecular weight excluding hydrogens is 452 g/mol. The molecule has 2 atom stereocenters. The maximum absolute atomic E-state index is 13.4. The topological polar surface area (TPSA) is 75.6 Å². The van der Waals surface area contributed by atoms with Gasteiger partial charge in [-0.25, -0.2) is 9.97 Å². The highest BCUT2D eigenvalue weighted by molar-refractivity contribution is 5.95. The molecule has 7 nitrogen and oxygen atoms in total. The fourth-order valence-electron chi connectivity index (χ4n) is 5.33. The summed E-state index contributed by atoms with van der Waals surface area (Å²) >= 11 is 0. The number of hydrogen-bond acceptors (Lipinski definition) is 6. The van der Waals surface area contributed by atoms with Gasteiger partial charge >= 0.3 is 5.97 Å². The summed E-state index contributed by atoms with van der Waals surface area (Å²) < 4.78 is 5.25. The van der Waals surface area contributed by atoms with Crippen molar-refractivity contribution in [3.05, 3.63) is 77.7 Å². The maximum atomic E-state index is 13.4. The summed E-state index contributed by atoms with van der Waals surface area (Å²) in [4.78, 5) is 39.0. The molecule has 5 rings (SSSR count). The quantitative estimate of drug-likeness (QED) is 0.496. The molecular formula is C29H32N4O3. The van der Waals surface area contributed by atoms with Gasteiger partial charge in [-0.1, -0.05) is 42.5 Å². The fourth-order valence-corrected chi connectivity index (χ4v) is 5.33. The number of piperidine rings is 1. The predicted molar refractivity (Wildman–Crippen MR) is 139 cm³/mol. The zero-order chi connectivity index (χ0) is 25.1. The van der Waals surface area contributed by atoms with Gasteiger partial charge in [0.25, 0.3) is 5.91 Å². The second-order valence-electron chi connectivity index (χ2n) is 9.56. The van der Waals surface area contributed by atoms with Crippen molar-refractivity contribution in [3.8, 4) is 11.1 Å². The van der Waals surface area contributed by atoms with Crippen LogP contribution in [0.5, 0.6) is 0 Å². The second-order valence-corrected chi connectivity index (χ2v) is 9.56. The van der Waals surface area contributed by atoms with E-state index in [2.05, 4.69) is 33.9 Å². The molecule has 1 saturated heterocycles. The molecule has 1 amide bonds. The van der Waals surface area contributed by atoms with Crippen molar-refractivity contribution in [2.45, 2.75) is 45.7 Å². The van der Waals surface area contributed by atoms with E-state index in [0.29, 0.717) is 31.7 Å². The molecule has 2 aliphatic rings. The van der Waals surface area contributed by atoms with Gasteiger partial charge in [0.15, 0.2) is 0 Å². The molecule has 7 heteroatoms. The first-order valence-corrected chi connectivity index (χ1v) is 12.8. The molecule has 3 aromatic rings. The largest absolute Gasteiger partial charge is 0.466 e. The lowest BCUT2D eigenvalue weighted by Gasteiger charge is -2.40. The van der Waals surface area contributed by atoms with Crippen LogP contribution in [0.4, 0.5) is 5.82 Å². The summed E-state index contributed by atoms with van der Waals surface area (Å²) in [6.07, 6.45) is 3.79. The zero-order valence-corrected chi connectivity index (χ0v) is 20.9. The lowest BCUT2D eigenvalue weighted by atomic mass is 9.91. The first kappa shape index (κ1) is 24.0. The summed E-state index contributed by atoms with van der Waals surface area (Å²) in [5.41, 5.74) is 4.92. The van der Waals surface area contributed by atoms with Crippen LogP contribution in [0.2, 0.25) is 0 Å². The summed E-state index contributed by atoms with van der Waals surface area (Å²) in [5, 5.41) is 0. The Morgan fingerprint density at radius 3 is 2.47 bits per heavy atom. The van der Waals surface area contributed by atoms with Crippen molar-refractivity contribution in [2.24, 2.45) is 5.92 Å². The van der Waals surface area contributed by atoms with E-state index in [1.165, 1.54) is 0 Å². The average molecular weight is 485 g/mol. The Kier molecular flexibility index (Phi) is 6.98. The number of benzene rings is 2. The maximum Gasteiger partial charge on any atom is 0.309 e. The fraction of sp³-hybridized carbons (Fsp3) is 0.379. The molecule has 2 aliphatic heterocycles. The van der Waals surface area contributed by atoms with Gasteiger partial charge in [0.05, 0.1) is 24.8 Å². The van der Waals surface area contributed by atoms with Gasteiger partial charge in [0.2, 0.25) is 0 Å². The highest BCUT2D eigenvalue weighted by Gasteiger charge is 2.34. The van der Waals surface area contributed by atoms with Gasteiger partial charge in [-0.15, -0.1) is 0 Å². The molecule has 2 unspecified atom stereocenters. The van der Waals surface area contributed by atoms with Crippen LogP contribution in [0.15, 0.2) is 60.9 Å². The van der Waals surface area contributed by atoms with Gasteiger partial charge in [0, 0.05) is 36.7 Å². The van der Waals surface area contributed by atoms with Crippen LogP contribution in [0.25, 0.3) is 11.1 Å². The first-order chi connectivity index (χ1) is 17.5. The molecule has 0 saturated carbocycles. The number of amides is 1. The molecule has 1 aromatic heterocycles. The lowest BCUT2D eigenvalue weighted by molar-refractivity contribution is -0.149.